The first kappa shape index (κ1) is 10.9. The fourth-order valence-electron chi connectivity index (χ4n) is 1.75. The molecule has 0 fully saturated rings. The number of aromatic carboxylic acids is 1. The van der Waals surface area contributed by atoms with Crippen LogP contribution in [0.4, 0.5) is 0 Å². The number of benzene rings is 2. The number of carbonyl (C=O) groups is 2. The summed E-state index contributed by atoms with van der Waals surface area (Å²) in [5.41, 5.74) is 4.66. The molecule has 0 radical (unpaired) electrons. The maximum absolute atomic E-state index is 11.3. The van der Waals surface area contributed by atoms with E-state index in [1.54, 1.807) is 24.3 Å². The fraction of sp³-hybridized carbons (Fsp3) is 0. The first-order valence-corrected chi connectivity index (χ1v) is 4.80. The summed E-state index contributed by atoms with van der Waals surface area (Å²) in [4.78, 5) is 22.2. The summed E-state index contributed by atoms with van der Waals surface area (Å²) in [6, 6.07) is 7.93. The molecule has 4 N–H and O–H groups in total. The van der Waals surface area contributed by atoms with E-state index in [1.165, 1.54) is 6.07 Å². The van der Waals surface area contributed by atoms with Crippen LogP contribution >= 0.6 is 0 Å². The molecule has 0 spiro atoms. The van der Waals surface area contributed by atoms with Crippen molar-refractivity contribution in [3.8, 4) is 5.75 Å². The number of fused-ring (bicyclic) bond motifs is 1. The minimum atomic E-state index is -1.31. The number of nitrogens with two attached hydrogens (primary N) is 1. The molecule has 2 rings (SSSR count). The van der Waals surface area contributed by atoms with Crippen LogP contribution in [0.25, 0.3) is 10.8 Å². The van der Waals surface area contributed by atoms with Gasteiger partial charge in [-0.1, -0.05) is 24.3 Å². The molecule has 0 aromatic heterocycles. The number of amides is 1. The monoisotopic (exact) mass is 231 g/mol. The van der Waals surface area contributed by atoms with E-state index in [9.17, 15) is 14.7 Å². The highest BCUT2D eigenvalue weighted by atomic mass is 16.4. The van der Waals surface area contributed by atoms with E-state index in [0.29, 0.717) is 10.8 Å². The molecule has 0 heterocycles. The number of carboxylic acid groups (broad SMARTS) is 1. The molecule has 0 aliphatic rings. The Hall–Kier alpha value is -2.56. The number of hydrogen-bond donors (Lipinski definition) is 3. The van der Waals surface area contributed by atoms with Gasteiger partial charge in [0.1, 0.15) is 11.3 Å². The Morgan fingerprint density at radius 3 is 2.41 bits per heavy atom. The van der Waals surface area contributed by atoms with Crippen LogP contribution < -0.4 is 5.73 Å². The van der Waals surface area contributed by atoms with E-state index in [0.717, 1.165) is 0 Å². The number of carbonyl (C=O) groups excluding carboxylic acids is 1. The molecule has 0 aliphatic carbocycles. The summed E-state index contributed by atoms with van der Waals surface area (Å²) >= 11 is 0. The van der Waals surface area contributed by atoms with Crippen molar-refractivity contribution in [2.45, 2.75) is 0 Å². The topological polar surface area (TPSA) is 101 Å². The van der Waals surface area contributed by atoms with Crippen molar-refractivity contribution >= 4 is 22.6 Å². The third-order valence-corrected chi connectivity index (χ3v) is 2.50. The largest absolute Gasteiger partial charge is 0.506 e. The van der Waals surface area contributed by atoms with Gasteiger partial charge < -0.3 is 15.9 Å². The lowest BCUT2D eigenvalue weighted by atomic mass is 9.99. The molecule has 0 saturated heterocycles. The predicted molar refractivity (Wildman–Crippen MR) is 61.1 cm³/mol. The van der Waals surface area contributed by atoms with Gasteiger partial charge in [0, 0.05) is 0 Å². The predicted octanol–water partition coefficient (Wildman–Crippen LogP) is 1.34. The standard InChI is InChI=1S/C12H9NO4/c13-11(15)9-7-4-2-1-3-6(7)5-8(10(9)14)12(16)17/h1-5,14H,(H2,13,15)(H,16,17). The van der Waals surface area contributed by atoms with Crippen LogP contribution in [-0.2, 0) is 0 Å². The van der Waals surface area contributed by atoms with Crippen LogP contribution in [0.15, 0.2) is 30.3 Å². The number of carboxylic acids is 1. The molecule has 86 valence electrons. The van der Waals surface area contributed by atoms with Gasteiger partial charge in [-0.25, -0.2) is 4.79 Å². The smallest absolute Gasteiger partial charge is 0.339 e. The van der Waals surface area contributed by atoms with Crippen molar-refractivity contribution in [1.29, 1.82) is 0 Å². The average molecular weight is 231 g/mol. The summed E-state index contributed by atoms with van der Waals surface area (Å²) in [5.74, 6) is -2.76. The second-order valence-electron chi connectivity index (χ2n) is 3.54. The lowest BCUT2D eigenvalue weighted by Gasteiger charge is -2.08. The van der Waals surface area contributed by atoms with Gasteiger partial charge in [0.15, 0.2) is 0 Å². The Kier molecular flexibility index (Phi) is 2.44. The van der Waals surface area contributed by atoms with Crippen LogP contribution in [-0.4, -0.2) is 22.1 Å². The van der Waals surface area contributed by atoms with Crippen molar-refractivity contribution in [2.75, 3.05) is 0 Å². The van der Waals surface area contributed by atoms with Crippen LogP contribution in [0.2, 0.25) is 0 Å². The molecular weight excluding hydrogens is 222 g/mol. The lowest BCUT2D eigenvalue weighted by molar-refractivity contribution is 0.0694. The van der Waals surface area contributed by atoms with E-state index in [2.05, 4.69) is 0 Å². The third kappa shape index (κ3) is 1.67. The Balaban J connectivity index is 2.95. The van der Waals surface area contributed by atoms with E-state index in [1.807, 2.05) is 0 Å². The second kappa shape index (κ2) is 3.79. The molecule has 5 heteroatoms. The van der Waals surface area contributed by atoms with Gasteiger partial charge in [-0.05, 0) is 16.8 Å². The van der Waals surface area contributed by atoms with Crippen molar-refractivity contribution in [1.82, 2.24) is 0 Å². The van der Waals surface area contributed by atoms with Gasteiger partial charge in [0.25, 0.3) is 5.91 Å². The average Bonchev–Trinajstić information content (AvgIpc) is 2.27. The molecular formula is C12H9NO4. The van der Waals surface area contributed by atoms with Crippen molar-refractivity contribution < 1.29 is 19.8 Å². The number of aromatic hydroxyl groups is 1. The molecule has 0 bridgehead atoms. The Morgan fingerprint density at radius 1 is 1.18 bits per heavy atom. The van der Waals surface area contributed by atoms with Crippen LogP contribution in [0.3, 0.4) is 0 Å². The van der Waals surface area contributed by atoms with Crippen molar-refractivity contribution in [2.24, 2.45) is 5.73 Å². The zero-order chi connectivity index (χ0) is 12.6. The Morgan fingerprint density at radius 2 is 1.82 bits per heavy atom. The molecule has 0 atom stereocenters. The molecule has 1 amide bonds. The highest BCUT2D eigenvalue weighted by molar-refractivity contribution is 6.12. The summed E-state index contributed by atoms with van der Waals surface area (Å²) in [7, 11) is 0. The van der Waals surface area contributed by atoms with Crippen LogP contribution in [0, 0.1) is 0 Å². The van der Waals surface area contributed by atoms with Gasteiger partial charge in [-0.3, -0.25) is 4.79 Å². The number of hydrogen-bond acceptors (Lipinski definition) is 3. The minimum absolute atomic E-state index is 0.166. The normalized spacial score (nSPS) is 10.4. The summed E-state index contributed by atoms with van der Waals surface area (Å²) in [5, 5.41) is 19.6. The molecule has 17 heavy (non-hydrogen) atoms. The zero-order valence-corrected chi connectivity index (χ0v) is 8.68. The van der Waals surface area contributed by atoms with Gasteiger partial charge in [0.05, 0.1) is 5.56 Å². The number of rotatable bonds is 2. The summed E-state index contributed by atoms with van der Waals surface area (Å²) in [6.07, 6.45) is 0. The first-order chi connectivity index (χ1) is 8.02. The van der Waals surface area contributed by atoms with Gasteiger partial charge >= 0.3 is 5.97 Å². The molecule has 0 aliphatic heterocycles. The fourth-order valence-corrected chi connectivity index (χ4v) is 1.75. The molecule has 0 unspecified atom stereocenters. The zero-order valence-electron chi connectivity index (χ0n) is 8.68. The third-order valence-electron chi connectivity index (χ3n) is 2.50. The molecule has 5 nitrogen and oxygen atoms in total. The van der Waals surface area contributed by atoms with E-state index in [4.69, 9.17) is 10.8 Å². The van der Waals surface area contributed by atoms with Gasteiger partial charge in [-0.15, -0.1) is 0 Å². The maximum Gasteiger partial charge on any atom is 0.339 e. The first-order valence-electron chi connectivity index (χ1n) is 4.80. The van der Waals surface area contributed by atoms with Crippen molar-refractivity contribution in [3.63, 3.8) is 0 Å². The van der Waals surface area contributed by atoms with Crippen molar-refractivity contribution in [3.05, 3.63) is 41.5 Å². The number of primary amides is 1. The lowest BCUT2D eigenvalue weighted by Crippen LogP contribution is -2.13. The van der Waals surface area contributed by atoms with E-state index in [-0.39, 0.29) is 11.1 Å². The highest BCUT2D eigenvalue weighted by Crippen LogP contribution is 2.30. The van der Waals surface area contributed by atoms with Crippen LogP contribution in [0.5, 0.6) is 5.75 Å². The minimum Gasteiger partial charge on any atom is -0.506 e. The van der Waals surface area contributed by atoms with Gasteiger partial charge in [-0.2, -0.15) is 0 Å². The summed E-state index contributed by atoms with van der Waals surface area (Å²) in [6.45, 7) is 0. The van der Waals surface area contributed by atoms with Gasteiger partial charge in [0.2, 0.25) is 0 Å². The molecule has 0 saturated carbocycles. The second-order valence-corrected chi connectivity index (χ2v) is 3.54. The van der Waals surface area contributed by atoms with Crippen LogP contribution in [0.1, 0.15) is 20.7 Å². The molecule has 2 aromatic rings. The summed E-state index contributed by atoms with van der Waals surface area (Å²) < 4.78 is 0. The number of phenols is 1. The van der Waals surface area contributed by atoms with E-state index >= 15 is 0 Å². The SMILES string of the molecule is NC(=O)c1c(O)c(C(=O)O)cc2ccccc12. The quantitative estimate of drug-likeness (QED) is 0.725. The van der Waals surface area contributed by atoms with E-state index < -0.39 is 17.6 Å². The maximum atomic E-state index is 11.3. The Bertz CT molecular complexity index is 634. The molecule has 2 aromatic carbocycles. The Labute approximate surface area is 96.1 Å². The highest BCUT2D eigenvalue weighted by Gasteiger charge is 2.20.